The van der Waals surface area contributed by atoms with E-state index in [0.717, 1.165) is 18.4 Å². The number of nitro benzene ring substituents is 1. The zero-order valence-electron chi connectivity index (χ0n) is 10.7. The number of nitro groups is 1. The van der Waals surface area contributed by atoms with Crippen LogP contribution in [0.5, 0.6) is 0 Å². The van der Waals surface area contributed by atoms with Crippen molar-refractivity contribution >= 4 is 28.3 Å². The second-order valence-corrected chi connectivity index (χ2v) is 7.35. The third kappa shape index (κ3) is 1.45. The number of hydrogen-bond donors (Lipinski definition) is 0. The SMILES string of the molecule is O=[N+]([O-])c1ccc2c(c1)[C@@H]1CC[C@@]2(I)c2ccccc21. The summed E-state index contributed by atoms with van der Waals surface area (Å²) in [4.78, 5) is 10.7. The molecule has 0 saturated heterocycles. The summed E-state index contributed by atoms with van der Waals surface area (Å²) in [7, 11) is 0. The van der Waals surface area contributed by atoms with Gasteiger partial charge in [-0.05, 0) is 35.1 Å². The number of benzene rings is 2. The van der Waals surface area contributed by atoms with E-state index < -0.39 is 0 Å². The van der Waals surface area contributed by atoms with Crippen LogP contribution >= 0.6 is 22.6 Å². The maximum Gasteiger partial charge on any atom is 0.269 e. The van der Waals surface area contributed by atoms with Gasteiger partial charge in [0.15, 0.2) is 0 Å². The molecular weight excluding hydrogens is 365 g/mol. The molecule has 3 aliphatic rings. The molecule has 5 rings (SSSR count). The van der Waals surface area contributed by atoms with Crippen LogP contribution in [-0.4, -0.2) is 4.92 Å². The van der Waals surface area contributed by atoms with Gasteiger partial charge in [-0.3, -0.25) is 10.1 Å². The second-order valence-electron chi connectivity index (χ2n) is 5.51. The van der Waals surface area contributed by atoms with Crippen molar-refractivity contribution in [2.24, 2.45) is 0 Å². The van der Waals surface area contributed by atoms with Gasteiger partial charge >= 0.3 is 0 Å². The Balaban J connectivity index is 2.01. The van der Waals surface area contributed by atoms with Crippen molar-refractivity contribution in [2.45, 2.75) is 22.2 Å². The summed E-state index contributed by atoms with van der Waals surface area (Å²) >= 11 is 2.53. The molecule has 2 atom stereocenters. The Morgan fingerprint density at radius 3 is 2.70 bits per heavy atom. The van der Waals surface area contributed by atoms with Gasteiger partial charge in [-0.25, -0.2) is 0 Å². The first-order chi connectivity index (χ1) is 9.61. The van der Waals surface area contributed by atoms with Crippen LogP contribution in [0.1, 0.15) is 41.0 Å². The molecule has 2 aromatic carbocycles. The maximum absolute atomic E-state index is 11.0. The van der Waals surface area contributed by atoms with Crippen LogP contribution in [0.3, 0.4) is 0 Å². The van der Waals surface area contributed by atoms with E-state index in [9.17, 15) is 10.1 Å². The lowest BCUT2D eigenvalue weighted by Crippen LogP contribution is -2.35. The summed E-state index contributed by atoms with van der Waals surface area (Å²) in [6.45, 7) is 0. The van der Waals surface area contributed by atoms with Crippen molar-refractivity contribution in [1.82, 2.24) is 0 Å². The molecule has 100 valence electrons. The monoisotopic (exact) mass is 377 g/mol. The van der Waals surface area contributed by atoms with Gasteiger partial charge in [0.05, 0.1) is 8.35 Å². The molecule has 20 heavy (non-hydrogen) atoms. The highest BCUT2D eigenvalue weighted by atomic mass is 127. The number of non-ortho nitro benzene ring substituents is 1. The number of nitrogens with zero attached hydrogens (tertiary/aromatic N) is 1. The Kier molecular flexibility index (Phi) is 2.49. The van der Waals surface area contributed by atoms with Gasteiger partial charge in [0.1, 0.15) is 0 Å². The summed E-state index contributed by atoms with van der Waals surface area (Å²) in [5.74, 6) is 0.317. The first-order valence-electron chi connectivity index (χ1n) is 6.68. The maximum atomic E-state index is 11.0. The van der Waals surface area contributed by atoms with Crippen LogP contribution in [0.4, 0.5) is 5.69 Å². The van der Waals surface area contributed by atoms with Crippen molar-refractivity contribution in [3.63, 3.8) is 0 Å². The van der Waals surface area contributed by atoms with Crippen molar-refractivity contribution < 1.29 is 4.92 Å². The normalized spacial score (nSPS) is 25.9. The van der Waals surface area contributed by atoms with E-state index in [1.807, 2.05) is 6.07 Å². The quantitative estimate of drug-likeness (QED) is 0.318. The summed E-state index contributed by atoms with van der Waals surface area (Å²) in [5.41, 5.74) is 5.35. The van der Waals surface area contributed by atoms with Crippen LogP contribution in [0, 0.1) is 10.1 Å². The van der Waals surface area contributed by atoms with Gasteiger partial charge in [0, 0.05) is 18.1 Å². The first kappa shape index (κ1) is 12.3. The molecule has 0 saturated carbocycles. The smallest absolute Gasteiger partial charge is 0.258 e. The van der Waals surface area contributed by atoms with Gasteiger partial charge in [-0.15, -0.1) is 0 Å². The van der Waals surface area contributed by atoms with E-state index in [1.54, 1.807) is 12.1 Å². The predicted octanol–water partition coefficient (Wildman–Crippen LogP) is 4.51. The Morgan fingerprint density at radius 2 is 1.90 bits per heavy atom. The van der Waals surface area contributed by atoms with Gasteiger partial charge in [-0.2, -0.15) is 0 Å². The van der Waals surface area contributed by atoms with E-state index in [-0.39, 0.29) is 14.0 Å². The van der Waals surface area contributed by atoms with Crippen LogP contribution in [0.25, 0.3) is 0 Å². The molecule has 0 unspecified atom stereocenters. The van der Waals surface area contributed by atoms with Crippen molar-refractivity contribution in [3.05, 3.63) is 74.8 Å². The zero-order valence-corrected chi connectivity index (χ0v) is 12.8. The molecule has 0 aliphatic heterocycles. The predicted molar refractivity (Wildman–Crippen MR) is 85.4 cm³/mol. The fourth-order valence-corrected chi connectivity index (χ4v) is 5.00. The highest BCUT2D eigenvalue weighted by molar-refractivity contribution is 14.1. The van der Waals surface area contributed by atoms with Crippen LogP contribution in [0.15, 0.2) is 42.5 Å². The van der Waals surface area contributed by atoms with Crippen LogP contribution in [0.2, 0.25) is 0 Å². The molecule has 0 N–H and O–H groups in total. The number of hydrogen-bond acceptors (Lipinski definition) is 2. The van der Waals surface area contributed by atoms with Crippen molar-refractivity contribution in [1.29, 1.82) is 0 Å². The second kappa shape index (κ2) is 4.04. The van der Waals surface area contributed by atoms with E-state index in [4.69, 9.17) is 0 Å². The topological polar surface area (TPSA) is 43.1 Å². The van der Waals surface area contributed by atoms with Gasteiger partial charge in [0.25, 0.3) is 5.69 Å². The first-order valence-corrected chi connectivity index (χ1v) is 7.76. The Hall–Kier alpha value is -1.43. The van der Waals surface area contributed by atoms with Gasteiger partial charge in [-0.1, -0.05) is 52.9 Å². The average molecular weight is 377 g/mol. The molecule has 0 spiro atoms. The average Bonchev–Trinajstić information content (AvgIpc) is 2.47. The highest BCUT2D eigenvalue weighted by Crippen LogP contribution is 2.59. The summed E-state index contributed by atoms with van der Waals surface area (Å²) in [5, 5.41) is 11.0. The van der Waals surface area contributed by atoms with Crippen LogP contribution in [-0.2, 0) is 3.42 Å². The molecule has 0 radical (unpaired) electrons. The molecule has 3 nitrogen and oxygen atoms in total. The van der Waals surface area contributed by atoms with E-state index in [0.29, 0.717) is 5.92 Å². The van der Waals surface area contributed by atoms with E-state index >= 15 is 0 Å². The summed E-state index contributed by atoms with van der Waals surface area (Å²) < 4.78 is -0.0203. The molecule has 2 bridgehead atoms. The number of alkyl halides is 1. The summed E-state index contributed by atoms with van der Waals surface area (Å²) in [6, 6.07) is 13.9. The Labute approximate surface area is 130 Å². The number of fused-ring (bicyclic) bond motifs is 1. The fourth-order valence-electron chi connectivity index (χ4n) is 3.71. The molecule has 0 fully saturated rings. The van der Waals surface area contributed by atoms with Crippen molar-refractivity contribution in [2.75, 3.05) is 0 Å². The summed E-state index contributed by atoms with van der Waals surface area (Å²) in [6.07, 6.45) is 2.19. The van der Waals surface area contributed by atoms with E-state index in [1.165, 1.54) is 16.7 Å². The molecule has 2 aromatic rings. The number of rotatable bonds is 1. The molecular formula is C16H12INO2. The molecule has 0 aromatic heterocycles. The van der Waals surface area contributed by atoms with Crippen molar-refractivity contribution in [3.8, 4) is 0 Å². The zero-order chi connectivity index (χ0) is 13.9. The van der Waals surface area contributed by atoms with Gasteiger partial charge < -0.3 is 0 Å². The standard InChI is InChI=1S/C16H12INO2/c17-16-8-7-11(12-3-1-2-4-14(12)16)13-9-10(18(19)20)5-6-15(13)16/h1-6,9,11H,7-8H2/t11-,16-/m1/s1. The Morgan fingerprint density at radius 1 is 1.15 bits per heavy atom. The minimum Gasteiger partial charge on any atom is -0.258 e. The molecule has 0 amide bonds. The molecule has 4 heteroatoms. The highest BCUT2D eigenvalue weighted by Gasteiger charge is 2.46. The molecule has 0 heterocycles. The van der Waals surface area contributed by atoms with Crippen LogP contribution < -0.4 is 0 Å². The fraction of sp³-hybridized carbons (Fsp3) is 0.250. The minimum absolute atomic E-state index is 0.0203. The Bertz CT molecular complexity index is 743. The van der Waals surface area contributed by atoms with E-state index in [2.05, 4.69) is 46.9 Å². The lowest BCUT2D eigenvalue weighted by Gasteiger charge is -2.46. The third-order valence-electron chi connectivity index (χ3n) is 4.59. The van der Waals surface area contributed by atoms with Gasteiger partial charge in [0.2, 0.25) is 0 Å². The molecule has 3 aliphatic carbocycles. The lowest BCUT2D eigenvalue weighted by atomic mass is 9.64. The number of halogens is 1. The largest absolute Gasteiger partial charge is 0.269 e. The third-order valence-corrected chi connectivity index (χ3v) is 6.29. The minimum atomic E-state index is -0.297. The lowest BCUT2D eigenvalue weighted by molar-refractivity contribution is -0.385.